The van der Waals surface area contributed by atoms with Gasteiger partial charge in [-0.25, -0.2) is 8.42 Å². The molecule has 0 unspecified atom stereocenters. The number of hydrogen-bond acceptors (Lipinski definition) is 3. The van der Waals surface area contributed by atoms with Gasteiger partial charge in [-0.1, -0.05) is 12.2 Å². The molecule has 0 aliphatic carbocycles. The lowest BCUT2D eigenvalue weighted by Gasteiger charge is -2.04. The number of thioether (sulfide) groups is 1. The Hall–Kier alpha value is -0.220. The van der Waals surface area contributed by atoms with Gasteiger partial charge in [0, 0.05) is 12.0 Å². The van der Waals surface area contributed by atoms with Crippen LogP contribution in [0.1, 0.15) is 0 Å². The third-order valence-electron chi connectivity index (χ3n) is 1.06. The molecule has 56 valence electrons. The van der Waals surface area contributed by atoms with Crippen molar-refractivity contribution >= 4 is 21.6 Å². The maximum Gasteiger partial charge on any atom is 0.181 e. The van der Waals surface area contributed by atoms with Gasteiger partial charge in [0.25, 0.3) is 0 Å². The molecule has 1 heterocycles. The quantitative estimate of drug-likeness (QED) is 0.601. The second kappa shape index (κ2) is 2.80. The Bertz CT molecular complexity index is 272. The van der Waals surface area contributed by atoms with Gasteiger partial charge >= 0.3 is 0 Å². The van der Waals surface area contributed by atoms with Gasteiger partial charge in [0.2, 0.25) is 0 Å². The molecule has 0 aromatic heterocycles. The van der Waals surface area contributed by atoms with Crippen LogP contribution < -0.4 is 0 Å². The lowest BCUT2D eigenvalue weighted by atomic mass is 10.5. The number of rotatable bonds is 1. The minimum absolute atomic E-state index is 0.468. The highest BCUT2D eigenvalue weighted by Crippen LogP contribution is 2.23. The van der Waals surface area contributed by atoms with Crippen molar-refractivity contribution in [3.8, 4) is 0 Å². The molecule has 10 heavy (non-hydrogen) atoms. The van der Waals surface area contributed by atoms with Crippen molar-refractivity contribution in [2.45, 2.75) is 0 Å². The van der Waals surface area contributed by atoms with E-state index < -0.39 is 9.84 Å². The summed E-state index contributed by atoms with van der Waals surface area (Å²) >= 11 is 1.36. The molecule has 0 spiro atoms. The average molecular weight is 176 g/mol. The number of allylic oxidation sites excluding steroid dienone is 2. The SMILES string of the molecule is CS(=O)(=O)C1=CC=CCS1. The van der Waals surface area contributed by atoms with Gasteiger partial charge in [-0.2, -0.15) is 0 Å². The smallest absolute Gasteiger partial charge is 0.181 e. The number of sulfone groups is 1. The molecule has 1 rings (SSSR count). The van der Waals surface area contributed by atoms with E-state index in [9.17, 15) is 8.42 Å². The Morgan fingerprint density at radius 3 is 2.60 bits per heavy atom. The first-order valence-corrected chi connectivity index (χ1v) is 5.68. The minimum atomic E-state index is -2.95. The first-order chi connectivity index (χ1) is 4.61. The summed E-state index contributed by atoms with van der Waals surface area (Å²) in [6.07, 6.45) is 6.56. The Labute approximate surface area is 64.9 Å². The molecule has 1 aliphatic heterocycles. The van der Waals surface area contributed by atoms with Crippen molar-refractivity contribution < 1.29 is 8.42 Å². The van der Waals surface area contributed by atoms with Crippen LogP contribution in [0.25, 0.3) is 0 Å². The molecular formula is C6H8O2S2. The van der Waals surface area contributed by atoms with E-state index in [1.54, 1.807) is 12.2 Å². The number of hydrogen-bond donors (Lipinski definition) is 0. The van der Waals surface area contributed by atoms with Gasteiger partial charge in [-0.05, 0) is 6.08 Å². The molecule has 2 nitrogen and oxygen atoms in total. The van der Waals surface area contributed by atoms with Gasteiger partial charge in [0.15, 0.2) is 9.84 Å². The molecule has 0 amide bonds. The van der Waals surface area contributed by atoms with Crippen LogP contribution in [0.2, 0.25) is 0 Å². The zero-order valence-corrected chi connectivity index (χ0v) is 7.21. The van der Waals surface area contributed by atoms with E-state index in [-0.39, 0.29) is 0 Å². The minimum Gasteiger partial charge on any atom is -0.223 e. The van der Waals surface area contributed by atoms with E-state index in [0.717, 1.165) is 5.75 Å². The third-order valence-corrected chi connectivity index (χ3v) is 3.96. The molecule has 0 bridgehead atoms. The molecule has 0 N–H and O–H groups in total. The average Bonchev–Trinajstić information content (AvgIpc) is 1.88. The Balaban J connectivity index is 2.93. The molecule has 1 aliphatic rings. The van der Waals surface area contributed by atoms with E-state index in [1.165, 1.54) is 18.0 Å². The highest BCUT2D eigenvalue weighted by Gasteiger charge is 2.11. The first kappa shape index (κ1) is 7.88. The fourth-order valence-corrected chi connectivity index (χ4v) is 2.54. The van der Waals surface area contributed by atoms with Crippen LogP contribution in [0.5, 0.6) is 0 Å². The van der Waals surface area contributed by atoms with Crippen LogP contribution in [-0.2, 0) is 9.84 Å². The fourth-order valence-electron chi connectivity index (χ4n) is 0.611. The Morgan fingerprint density at radius 1 is 1.60 bits per heavy atom. The third kappa shape index (κ3) is 1.88. The highest BCUT2D eigenvalue weighted by atomic mass is 32.3. The van der Waals surface area contributed by atoms with Crippen LogP contribution in [0, 0.1) is 0 Å². The summed E-state index contributed by atoms with van der Waals surface area (Å²) in [6.45, 7) is 0. The van der Waals surface area contributed by atoms with Gasteiger partial charge in [-0.15, -0.1) is 11.8 Å². The molecule has 4 heteroatoms. The predicted molar refractivity (Wildman–Crippen MR) is 44.5 cm³/mol. The van der Waals surface area contributed by atoms with Crippen molar-refractivity contribution in [1.82, 2.24) is 0 Å². The van der Waals surface area contributed by atoms with Crippen LogP contribution in [0.15, 0.2) is 22.5 Å². The summed E-state index contributed by atoms with van der Waals surface area (Å²) in [5, 5.41) is 0. The first-order valence-electron chi connectivity index (χ1n) is 2.80. The summed E-state index contributed by atoms with van der Waals surface area (Å²) in [6, 6.07) is 0. The maximum absolute atomic E-state index is 10.9. The largest absolute Gasteiger partial charge is 0.223 e. The fraction of sp³-hybridized carbons (Fsp3) is 0.333. The lowest BCUT2D eigenvalue weighted by molar-refractivity contribution is 0.609. The standard InChI is InChI=1S/C6H8O2S2/c1-10(7,8)6-4-2-3-5-9-6/h2-4H,5H2,1H3. The normalized spacial score (nSPS) is 18.7. The second-order valence-corrected chi connectivity index (χ2v) is 5.30. The monoisotopic (exact) mass is 176 g/mol. The Kier molecular flexibility index (Phi) is 2.21. The zero-order valence-electron chi connectivity index (χ0n) is 5.57. The van der Waals surface area contributed by atoms with E-state index in [4.69, 9.17) is 0 Å². The highest BCUT2D eigenvalue weighted by molar-refractivity contribution is 8.18. The summed E-state index contributed by atoms with van der Waals surface area (Å²) in [4.78, 5) is 0. The van der Waals surface area contributed by atoms with Crippen LogP contribution in [-0.4, -0.2) is 20.4 Å². The van der Waals surface area contributed by atoms with E-state index >= 15 is 0 Å². The lowest BCUT2D eigenvalue weighted by Crippen LogP contribution is -1.99. The van der Waals surface area contributed by atoms with Crippen LogP contribution in [0.3, 0.4) is 0 Å². The summed E-state index contributed by atoms with van der Waals surface area (Å²) in [5.74, 6) is 0.763. The molecule has 0 saturated heterocycles. The van der Waals surface area contributed by atoms with Gasteiger partial charge in [0.05, 0.1) is 4.24 Å². The van der Waals surface area contributed by atoms with Crippen LogP contribution in [0.4, 0.5) is 0 Å². The summed E-state index contributed by atoms with van der Waals surface area (Å²) < 4.78 is 22.2. The summed E-state index contributed by atoms with van der Waals surface area (Å²) in [7, 11) is -2.95. The van der Waals surface area contributed by atoms with Gasteiger partial charge in [0.1, 0.15) is 0 Å². The van der Waals surface area contributed by atoms with E-state index in [0.29, 0.717) is 4.24 Å². The molecule has 0 aromatic carbocycles. The molecule has 0 atom stereocenters. The Morgan fingerprint density at radius 2 is 2.30 bits per heavy atom. The molecule has 0 radical (unpaired) electrons. The molecule has 0 saturated carbocycles. The van der Waals surface area contributed by atoms with E-state index in [2.05, 4.69) is 0 Å². The summed E-state index contributed by atoms with van der Waals surface area (Å²) in [5.41, 5.74) is 0. The predicted octanol–water partition coefficient (Wildman–Crippen LogP) is 1.18. The van der Waals surface area contributed by atoms with Crippen molar-refractivity contribution in [1.29, 1.82) is 0 Å². The van der Waals surface area contributed by atoms with Crippen molar-refractivity contribution in [3.63, 3.8) is 0 Å². The zero-order chi connectivity index (χ0) is 7.61. The second-order valence-electron chi connectivity index (χ2n) is 2.00. The molecule has 0 fully saturated rings. The van der Waals surface area contributed by atoms with Crippen molar-refractivity contribution in [2.75, 3.05) is 12.0 Å². The van der Waals surface area contributed by atoms with Gasteiger partial charge < -0.3 is 0 Å². The van der Waals surface area contributed by atoms with Crippen molar-refractivity contribution in [3.05, 3.63) is 22.5 Å². The molecular weight excluding hydrogens is 168 g/mol. The van der Waals surface area contributed by atoms with Gasteiger partial charge in [-0.3, -0.25) is 0 Å². The molecule has 0 aromatic rings. The van der Waals surface area contributed by atoms with Crippen LogP contribution >= 0.6 is 11.8 Å². The topological polar surface area (TPSA) is 34.1 Å². The van der Waals surface area contributed by atoms with Crippen molar-refractivity contribution in [2.24, 2.45) is 0 Å². The van der Waals surface area contributed by atoms with E-state index in [1.807, 2.05) is 6.08 Å². The maximum atomic E-state index is 10.9.